The minimum atomic E-state index is -1.01. The summed E-state index contributed by atoms with van der Waals surface area (Å²) >= 11 is 0. The van der Waals surface area contributed by atoms with Crippen molar-refractivity contribution in [2.45, 2.75) is 83.1 Å². The number of amides is 1. The first-order valence-electron chi connectivity index (χ1n) is 15.2. The Morgan fingerprint density at radius 2 is 2.00 bits per heavy atom. The molecule has 1 aliphatic rings. The third kappa shape index (κ3) is 6.46. The van der Waals surface area contributed by atoms with Crippen LogP contribution in [-0.4, -0.2) is 74.0 Å². The van der Waals surface area contributed by atoms with E-state index in [0.29, 0.717) is 60.0 Å². The molecule has 5 aromatic rings. The lowest BCUT2D eigenvalue weighted by Gasteiger charge is -2.38. The summed E-state index contributed by atoms with van der Waals surface area (Å²) in [4.78, 5) is 27.8. The van der Waals surface area contributed by atoms with E-state index >= 15 is 0 Å². The lowest BCUT2D eigenvalue weighted by atomic mass is 9.77. The molecule has 46 heavy (non-hydrogen) atoms. The van der Waals surface area contributed by atoms with Crippen molar-refractivity contribution in [1.82, 2.24) is 50.0 Å². The van der Waals surface area contributed by atoms with Gasteiger partial charge in [0.25, 0.3) is 5.91 Å². The fourth-order valence-electron chi connectivity index (χ4n) is 5.83. The number of carbonyl (C=O) groups is 1. The molecule has 0 unspecified atom stereocenters. The summed E-state index contributed by atoms with van der Waals surface area (Å²) in [6.07, 6.45) is 7.89. The van der Waals surface area contributed by atoms with Gasteiger partial charge in [0.15, 0.2) is 23.1 Å². The monoisotopic (exact) mass is 631 g/mol. The molecule has 1 fully saturated rings. The minimum absolute atomic E-state index is 0.0336. The lowest BCUT2D eigenvalue weighted by molar-refractivity contribution is -0.148. The summed E-state index contributed by atoms with van der Waals surface area (Å²) in [5.74, 6) is 1.61. The van der Waals surface area contributed by atoms with E-state index in [9.17, 15) is 14.3 Å². The van der Waals surface area contributed by atoms with Gasteiger partial charge < -0.3 is 20.5 Å². The molecule has 0 bridgehead atoms. The SMILES string of the molecule is CO[C@]1(C(=O)N[C@@H](C)c2ccc(-n3cc(F)cn3)nc2)CC[C@@H](c2nc(Nc3cc(C)[nH]n3)c3cnn(CC(C)(C)O)c3n2)CC1. The van der Waals surface area contributed by atoms with E-state index in [-0.39, 0.29) is 24.4 Å². The van der Waals surface area contributed by atoms with Crippen molar-refractivity contribution >= 4 is 28.6 Å². The van der Waals surface area contributed by atoms with Crippen molar-refractivity contribution in [1.29, 1.82) is 0 Å². The molecule has 15 heteroatoms. The van der Waals surface area contributed by atoms with Crippen molar-refractivity contribution in [3.8, 4) is 5.82 Å². The van der Waals surface area contributed by atoms with E-state index in [1.54, 1.807) is 44.1 Å². The molecule has 4 N–H and O–H groups in total. The molecule has 5 aromatic heterocycles. The minimum Gasteiger partial charge on any atom is -0.389 e. The van der Waals surface area contributed by atoms with Crippen molar-refractivity contribution in [3.63, 3.8) is 0 Å². The predicted molar refractivity (Wildman–Crippen MR) is 167 cm³/mol. The fraction of sp³-hybridized carbons (Fsp3) is 0.452. The number of carbonyl (C=O) groups excluding carboxylic acids is 1. The van der Waals surface area contributed by atoms with Gasteiger partial charge in [0, 0.05) is 31.0 Å². The average Bonchev–Trinajstić information content (AvgIpc) is 3.76. The summed E-state index contributed by atoms with van der Waals surface area (Å²) < 4.78 is 22.3. The summed E-state index contributed by atoms with van der Waals surface area (Å²) in [6.45, 7) is 7.50. The van der Waals surface area contributed by atoms with Crippen LogP contribution in [0.3, 0.4) is 0 Å². The van der Waals surface area contributed by atoms with Crippen LogP contribution in [0.4, 0.5) is 16.0 Å². The van der Waals surface area contributed by atoms with Crippen LogP contribution in [0.15, 0.2) is 43.0 Å². The van der Waals surface area contributed by atoms with Crippen LogP contribution >= 0.6 is 0 Å². The first kappa shape index (κ1) is 31.2. The Kier molecular flexibility index (Phi) is 8.29. The number of H-pyrrole nitrogens is 1. The number of rotatable bonds is 10. The highest BCUT2D eigenvalue weighted by Crippen LogP contribution is 2.40. The second kappa shape index (κ2) is 12.2. The zero-order valence-electron chi connectivity index (χ0n) is 26.5. The first-order chi connectivity index (χ1) is 21.9. The maximum atomic E-state index is 13.6. The van der Waals surface area contributed by atoms with Gasteiger partial charge in [-0.15, -0.1) is 0 Å². The summed E-state index contributed by atoms with van der Waals surface area (Å²) in [5.41, 5.74) is 0.295. The van der Waals surface area contributed by atoms with Gasteiger partial charge >= 0.3 is 0 Å². The number of nitrogens with one attached hydrogen (secondary N) is 3. The van der Waals surface area contributed by atoms with E-state index in [1.165, 1.54) is 10.9 Å². The summed E-state index contributed by atoms with van der Waals surface area (Å²) in [5, 5.41) is 33.3. The number of aromatic amines is 1. The Bertz CT molecular complexity index is 1830. The maximum absolute atomic E-state index is 13.6. The number of aliphatic hydroxyl groups is 1. The summed E-state index contributed by atoms with van der Waals surface area (Å²) in [7, 11) is 1.57. The zero-order chi connectivity index (χ0) is 32.6. The number of fused-ring (bicyclic) bond motifs is 1. The van der Waals surface area contributed by atoms with Crippen LogP contribution in [0, 0.1) is 12.7 Å². The molecule has 0 saturated heterocycles. The van der Waals surface area contributed by atoms with E-state index in [4.69, 9.17) is 14.7 Å². The van der Waals surface area contributed by atoms with Gasteiger partial charge in [0.05, 0.1) is 42.2 Å². The highest BCUT2D eigenvalue weighted by Gasteiger charge is 2.43. The maximum Gasteiger partial charge on any atom is 0.252 e. The number of halogens is 1. The van der Waals surface area contributed by atoms with E-state index in [0.717, 1.165) is 17.5 Å². The molecule has 1 aliphatic carbocycles. The molecule has 14 nitrogen and oxygen atoms in total. The van der Waals surface area contributed by atoms with E-state index < -0.39 is 17.0 Å². The lowest BCUT2D eigenvalue weighted by Crippen LogP contribution is -2.50. The molecule has 242 valence electrons. The zero-order valence-corrected chi connectivity index (χ0v) is 26.5. The normalized spacial score (nSPS) is 19.3. The number of pyridine rings is 1. The Labute approximate surface area is 264 Å². The number of hydrogen-bond donors (Lipinski definition) is 4. The molecule has 1 saturated carbocycles. The van der Waals surface area contributed by atoms with E-state index in [2.05, 4.69) is 36.0 Å². The van der Waals surface area contributed by atoms with Gasteiger partial charge in [-0.25, -0.2) is 28.7 Å². The summed E-state index contributed by atoms with van der Waals surface area (Å²) in [6, 6.07) is 5.10. The average molecular weight is 632 g/mol. The second-order valence-corrected chi connectivity index (χ2v) is 12.6. The van der Waals surface area contributed by atoms with Crippen molar-refractivity contribution in [3.05, 3.63) is 65.9 Å². The quantitative estimate of drug-likeness (QED) is 0.176. The Morgan fingerprint density at radius 3 is 2.61 bits per heavy atom. The smallest absolute Gasteiger partial charge is 0.252 e. The standard InChI is InChI=1S/C31H38FN11O3/c1-18-12-24(41-40-18)37-27-23-15-35-43(17-30(3,4)45)28(23)39-26(38-27)20-8-10-31(46-5,11-9-20)29(44)36-19(2)21-6-7-25(33-13-21)42-16-22(32)14-34-42/h6-7,12-16,19-20,45H,8-11,17H2,1-5H3,(H,36,44)(H2,37,38,39,40,41)/t19-,20-,31-/m0/s1. The molecule has 0 radical (unpaired) electrons. The topological polar surface area (TPSA) is 174 Å². The van der Waals surface area contributed by atoms with Gasteiger partial charge in [-0.1, -0.05) is 6.07 Å². The molecule has 1 atom stereocenters. The second-order valence-electron chi connectivity index (χ2n) is 12.6. The van der Waals surface area contributed by atoms with Crippen LogP contribution in [0.2, 0.25) is 0 Å². The third-order valence-corrected chi connectivity index (χ3v) is 8.37. The predicted octanol–water partition coefficient (Wildman–Crippen LogP) is 4.01. The number of aryl methyl sites for hydroxylation is 1. The van der Waals surface area contributed by atoms with Crippen molar-refractivity contribution in [2.75, 3.05) is 12.4 Å². The van der Waals surface area contributed by atoms with Crippen LogP contribution in [-0.2, 0) is 16.1 Å². The van der Waals surface area contributed by atoms with Crippen LogP contribution in [0.1, 0.15) is 75.5 Å². The molecule has 0 aromatic carbocycles. The van der Waals surface area contributed by atoms with Crippen LogP contribution in [0.5, 0.6) is 0 Å². The molecular weight excluding hydrogens is 593 g/mol. The van der Waals surface area contributed by atoms with E-state index in [1.807, 2.05) is 26.0 Å². The molecule has 5 heterocycles. The highest BCUT2D eigenvalue weighted by atomic mass is 19.1. The molecular formula is C31H38FN11O3. The first-order valence-corrected chi connectivity index (χ1v) is 15.2. The van der Waals surface area contributed by atoms with Gasteiger partial charge in [-0.05, 0) is 65.0 Å². The van der Waals surface area contributed by atoms with Crippen molar-refractivity contribution < 1.29 is 19.0 Å². The molecule has 6 rings (SSSR count). The number of anilines is 2. The number of hydrogen-bond acceptors (Lipinski definition) is 10. The van der Waals surface area contributed by atoms with Gasteiger partial charge in [-0.2, -0.15) is 15.3 Å². The highest BCUT2D eigenvalue weighted by molar-refractivity contribution is 5.88. The Balaban J connectivity index is 1.18. The van der Waals surface area contributed by atoms with Gasteiger partial charge in [0.1, 0.15) is 17.2 Å². The van der Waals surface area contributed by atoms with Crippen LogP contribution < -0.4 is 10.6 Å². The van der Waals surface area contributed by atoms with Gasteiger partial charge in [0.2, 0.25) is 0 Å². The number of ether oxygens (including phenoxy) is 1. The molecule has 0 spiro atoms. The van der Waals surface area contributed by atoms with Gasteiger partial charge in [-0.3, -0.25) is 9.89 Å². The molecule has 1 amide bonds. The van der Waals surface area contributed by atoms with Crippen LogP contribution in [0.25, 0.3) is 16.9 Å². The number of methoxy groups -OCH3 is 1. The largest absolute Gasteiger partial charge is 0.389 e. The third-order valence-electron chi connectivity index (χ3n) is 8.37. The molecule has 0 aliphatic heterocycles. The Morgan fingerprint density at radius 1 is 1.22 bits per heavy atom. The Hall–Kier alpha value is -4.76. The number of aromatic nitrogens is 9. The fourth-order valence-corrected chi connectivity index (χ4v) is 5.83. The number of nitrogens with zero attached hydrogens (tertiary/aromatic N) is 8. The van der Waals surface area contributed by atoms with Crippen molar-refractivity contribution in [2.24, 2.45) is 0 Å².